The van der Waals surface area contributed by atoms with Crippen molar-refractivity contribution in [3.05, 3.63) is 60.5 Å². The number of rotatable bonds is 11. The van der Waals surface area contributed by atoms with Crippen LogP contribution in [0.3, 0.4) is 0 Å². The molecule has 1 fully saturated rings. The summed E-state index contributed by atoms with van der Waals surface area (Å²) in [5.41, 5.74) is 3.36. The Bertz CT molecular complexity index is 1720. The number of aromatic nitrogens is 3. The predicted octanol–water partition coefficient (Wildman–Crippen LogP) is 6.00. The van der Waals surface area contributed by atoms with E-state index in [-0.39, 0.29) is 18.1 Å². The maximum absolute atomic E-state index is 12.5. The third-order valence-electron chi connectivity index (χ3n) is 7.56. The lowest BCUT2D eigenvalue weighted by Crippen LogP contribution is -2.26. The quantitative estimate of drug-likeness (QED) is 0.154. The van der Waals surface area contributed by atoms with Gasteiger partial charge in [0.2, 0.25) is 0 Å². The number of amides is 2. The Morgan fingerprint density at radius 3 is 2.75 bits per heavy atom. The van der Waals surface area contributed by atoms with Crippen molar-refractivity contribution < 1.29 is 23.9 Å². The fraction of sp³-hybridized carbons (Fsp3) is 0.406. The molecule has 1 aliphatic heterocycles. The van der Waals surface area contributed by atoms with E-state index in [1.54, 1.807) is 17.4 Å². The number of imidazole rings is 1. The van der Waals surface area contributed by atoms with Gasteiger partial charge in [0.15, 0.2) is 10.8 Å². The monoisotopic (exact) mass is 618 g/mol. The second-order valence-corrected chi connectivity index (χ2v) is 13.0. The number of anilines is 2. The molecule has 0 spiro atoms. The van der Waals surface area contributed by atoms with Crippen molar-refractivity contribution in [2.24, 2.45) is 0 Å². The molecule has 0 saturated carbocycles. The van der Waals surface area contributed by atoms with E-state index in [1.165, 1.54) is 0 Å². The smallest absolute Gasteiger partial charge is 0.324 e. The number of nitrogens with zero attached hydrogens (tertiary/aromatic N) is 4. The fourth-order valence-corrected chi connectivity index (χ4v) is 6.27. The summed E-state index contributed by atoms with van der Waals surface area (Å²) in [5, 5.41) is 18.4. The molecule has 1 aliphatic rings. The van der Waals surface area contributed by atoms with Crippen LogP contribution in [0, 0.1) is 0 Å². The van der Waals surface area contributed by atoms with Crippen molar-refractivity contribution in [1.82, 2.24) is 19.4 Å². The molecule has 3 N–H and O–H groups in total. The number of carbonyl (C=O) groups is 1. The molecule has 0 aliphatic carbocycles. The lowest BCUT2D eigenvalue weighted by Gasteiger charge is -2.16. The van der Waals surface area contributed by atoms with Gasteiger partial charge in [-0.1, -0.05) is 49.4 Å². The number of urea groups is 1. The van der Waals surface area contributed by atoms with Crippen molar-refractivity contribution in [2.75, 3.05) is 50.1 Å². The van der Waals surface area contributed by atoms with Gasteiger partial charge in [0, 0.05) is 48.6 Å². The molecule has 6 rings (SSSR count). The number of ether oxygens (including phenoxy) is 2. The first-order chi connectivity index (χ1) is 21.2. The van der Waals surface area contributed by atoms with Crippen molar-refractivity contribution in [1.29, 1.82) is 0 Å². The summed E-state index contributed by atoms with van der Waals surface area (Å²) in [6.07, 6.45) is 4.23. The first-order valence-corrected chi connectivity index (χ1v) is 15.7. The number of likely N-dealkylation sites (tertiary alicyclic amines) is 1. The van der Waals surface area contributed by atoms with E-state index in [1.807, 2.05) is 57.3 Å². The highest BCUT2D eigenvalue weighted by molar-refractivity contribution is 7.23. The molecule has 5 aromatic rings. The van der Waals surface area contributed by atoms with Gasteiger partial charge >= 0.3 is 6.03 Å². The van der Waals surface area contributed by atoms with Gasteiger partial charge in [-0.2, -0.15) is 0 Å². The SMILES string of the molecule is CC(C)(C)c1cc(NC(=O)Nc2ccc(-c3cn4c(n3)sc3cc(OCCCN5CC[C@@H](OCCO)C5)ccc34)cc2)no1. The van der Waals surface area contributed by atoms with Gasteiger partial charge in [-0.25, -0.2) is 9.78 Å². The zero-order valence-corrected chi connectivity index (χ0v) is 26.0. The minimum absolute atomic E-state index is 0.0756. The highest BCUT2D eigenvalue weighted by Crippen LogP contribution is 2.32. The van der Waals surface area contributed by atoms with Gasteiger partial charge in [-0.15, -0.1) is 0 Å². The number of aliphatic hydroxyl groups is 1. The number of hydrogen-bond donors (Lipinski definition) is 3. The summed E-state index contributed by atoms with van der Waals surface area (Å²) in [6.45, 7) is 10.1. The lowest BCUT2D eigenvalue weighted by atomic mass is 9.93. The molecule has 0 unspecified atom stereocenters. The Morgan fingerprint density at radius 2 is 1.98 bits per heavy atom. The summed E-state index contributed by atoms with van der Waals surface area (Å²) >= 11 is 1.63. The van der Waals surface area contributed by atoms with E-state index in [2.05, 4.69) is 37.2 Å². The first kappa shape index (κ1) is 30.1. The van der Waals surface area contributed by atoms with E-state index in [0.717, 1.165) is 64.7 Å². The number of aliphatic hydroxyl groups excluding tert-OH is 1. The van der Waals surface area contributed by atoms with Crippen LogP contribution in [0.4, 0.5) is 16.3 Å². The summed E-state index contributed by atoms with van der Waals surface area (Å²) in [6, 6.07) is 15.1. The molecule has 12 heteroatoms. The molecule has 2 aromatic carbocycles. The maximum atomic E-state index is 12.5. The van der Waals surface area contributed by atoms with Gasteiger partial charge in [0.05, 0.1) is 41.8 Å². The van der Waals surface area contributed by atoms with E-state index >= 15 is 0 Å². The highest BCUT2D eigenvalue weighted by Gasteiger charge is 2.22. The topological polar surface area (TPSA) is 126 Å². The van der Waals surface area contributed by atoms with Gasteiger partial charge in [0.1, 0.15) is 11.5 Å². The second kappa shape index (κ2) is 12.9. The van der Waals surface area contributed by atoms with E-state index < -0.39 is 6.03 Å². The molecule has 4 heterocycles. The van der Waals surface area contributed by atoms with Crippen LogP contribution in [0.1, 0.15) is 39.4 Å². The van der Waals surface area contributed by atoms with Crippen molar-refractivity contribution in [2.45, 2.75) is 45.1 Å². The minimum atomic E-state index is -0.394. The lowest BCUT2D eigenvalue weighted by molar-refractivity contribution is 0.0339. The van der Waals surface area contributed by atoms with Crippen molar-refractivity contribution in [3.63, 3.8) is 0 Å². The van der Waals surface area contributed by atoms with Crippen LogP contribution in [0.15, 0.2) is 59.3 Å². The zero-order chi connectivity index (χ0) is 30.7. The Labute approximate surface area is 259 Å². The van der Waals surface area contributed by atoms with Gasteiger partial charge in [-0.05, 0) is 43.2 Å². The van der Waals surface area contributed by atoms with Crippen LogP contribution in [-0.2, 0) is 10.2 Å². The molecular formula is C32H38N6O5S. The summed E-state index contributed by atoms with van der Waals surface area (Å²) in [5.74, 6) is 1.92. The average Bonchev–Trinajstić information content (AvgIpc) is 3.79. The van der Waals surface area contributed by atoms with E-state index in [4.69, 9.17) is 24.1 Å². The van der Waals surface area contributed by atoms with Gasteiger partial charge in [-0.3, -0.25) is 9.72 Å². The minimum Gasteiger partial charge on any atom is -0.493 e. The molecule has 11 nitrogen and oxygen atoms in total. The normalized spacial score (nSPS) is 15.8. The number of benzene rings is 2. The molecule has 2 amide bonds. The van der Waals surface area contributed by atoms with E-state index in [9.17, 15) is 4.79 Å². The van der Waals surface area contributed by atoms with Crippen molar-refractivity contribution in [3.8, 4) is 17.0 Å². The highest BCUT2D eigenvalue weighted by atomic mass is 32.1. The van der Waals surface area contributed by atoms with Crippen LogP contribution < -0.4 is 15.4 Å². The van der Waals surface area contributed by atoms with Gasteiger partial charge < -0.3 is 29.3 Å². The summed E-state index contributed by atoms with van der Waals surface area (Å²) in [7, 11) is 0. The number of thiazole rings is 1. The molecule has 3 aromatic heterocycles. The molecule has 1 saturated heterocycles. The Hall–Kier alpha value is -3.97. The van der Waals surface area contributed by atoms with Crippen LogP contribution in [-0.4, -0.2) is 76.1 Å². The van der Waals surface area contributed by atoms with E-state index in [0.29, 0.717) is 30.5 Å². The molecule has 0 radical (unpaired) electrons. The number of carbonyl (C=O) groups excluding carboxylic acids is 1. The Morgan fingerprint density at radius 1 is 1.14 bits per heavy atom. The Kier molecular flexibility index (Phi) is 8.85. The van der Waals surface area contributed by atoms with Crippen LogP contribution in [0.2, 0.25) is 0 Å². The molecule has 1 atom stereocenters. The van der Waals surface area contributed by atoms with Crippen molar-refractivity contribution >= 4 is 44.1 Å². The van der Waals surface area contributed by atoms with Crippen LogP contribution in [0.25, 0.3) is 26.4 Å². The molecule has 44 heavy (non-hydrogen) atoms. The van der Waals surface area contributed by atoms with Crippen LogP contribution >= 0.6 is 11.3 Å². The Balaban J connectivity index is 1.02. The first-order valence-electron chi connectivity index (χ1n) is 14.9. The fourth-order valence-electron chi connectivity index (χ4n) is 5.23. The second-order valence-electron chi connectivity index (χ2n) is 12.0. The zero-order valence-electron chi connectivity index (χ0n) is 25.2. The third kappa shape index (κ3) is 7.05. The molecular weight excluding hydrogens is 580 g/mol. The predicted molar refractivity (Wildman–Crippen MR) is 172 cm³/mol. The standard InChI is InChI=1S/C32H38N6O5S/c1-32(2,3)28-18-29(36-43-28)35-30(40)33-22-7-5-21(6-8-22)25-20-38-26-10-9-23(17-27(26)44-31(38)34-25)41-15-4-12-37-13-11-24(19-37)42-16-14-39/h5-10,17-18,20,24,39H,4,11-16,19H2,1-3H3,(H2,33,35,36,40)/t24-/m1/s1. The molecule has 0 bridgehead atoms. The third-order valence-corrected chi connectivity index (χ3v) is 8.57. The summed E-state index contributed by atoms with van der Waals surface area (Å²) in [4.78, 5) is 20.6. The van der Waals surface area contributed by atoms with Gasteiger partial charge in [0.25, 0.3) is 0 Å². The maximum Gasteiger partial charge on any atom is 0.324 e. The average molecular weight is 619 g/mol. The summed E-state index contributed by atoms with van der Waals surface area (Å²) < 4.78 is 20.2. The number of hydrogen-bond acceptors (Lipinski definition) is 9. The largest absolute Gasteiger partial charge is 0.493 e. The number of nitrogens with one attached hydrogen (secondary N) is 2. The molecule has 232 valence electrons. The number of fused-ring (bicyclic) bond motifs is 3. The van der Waals surface area contributed by atoms with Crippen LogP contribution in [0.5, 0.6) is 5.75 Å².